The average molecular weight is 848 g/mol. The summed E-state index contributed by atoms with van der Waals surface area (Å²) in [6.45, 7) is 0. The zero-order chi connectivity index (χ0) is 46.8. The number of benzene rings is 8. The van der Waals surface area contributed by atoms with Crippen molar-refractivity contribution in [2.45, 2.75) is 19.6 Å². The van der Waals surface area contributed by atoms with E-state index in [1.165, 1.54) is 157 Å². The summed E-state index contributed by atoms with van der Waals surface area (Å²) >= 11 is 0. The van der Waals surface area contributed by atoms with E-state index in [0.717, 1.165) is 0 Å². The molecular weight excluding hydrogens is 799 g/mol. The van der Waals surface area contributed by atoms with Crippen LogP contribution in [0.4, 0.5) is 0 Å². The van der Waals surface area contributed by atoms with E-state index in [1.54, 1.807) is 0 Å². The predicted octanol–water partition coefficient (Wildman–Crippen LogP) is -12.9. The van der Waals surface area contributed by atoms with Gasteiger partial charge in [0.15, 0.2) is 0 Å². The molecule has 66 heavy (non-hydrogen) atoms. The van der Waals surface area contributed by atoms with Gasteiger partial charge in [0, 0.05) is 58.4 Å². The normalized spacial score (nSPS) is 12.2. The Morgan fingerprint density at radius 2 is 0.561 bits per heavy atom. The minimum absolute atomic E-state index is 1.19. The van der Waals surface area contributed by atoms with Gasteiger partial charge < -0.3 is 9.13 Å². The molecule has 2 heterocycles. The lowest BCUT2D eigenvalue weighted by Crippen LogP contribution is -2.49. The molecule has 0 aliphatic rings. The number of aromatic nitrogens is 2. The fourth-order valence-corrected chi connectivity index (χ4v) is 15.8. The zero-order valence-corrected chi connectivity index (χ0v) is 42.6. The largest absolute Gasteiger partial charge is 0.312 e. The first-order valence-corrected chi connectivity index (χ1v) is 25.3. The molecule has 18 heteroatoms. The van der Waals surface area contributed by atoms with Crippen molar-refractivity contribution in [1.29, 1.82) is 0 Å². The van der Waals surface area contributed by atoms with E-state index in [9.17, 15) is 0 Å². The Morgan fingerprint density at radius 3 is 0.939 bits per heavy atom. The van der Waals surface area contributed by atoms with Crippen molar-refractivity contribution in [3.05, 3.63) is 115 Å². The molecule has 2 aromatic heterocycles. The third-order valence-electron chi connectivity index (χ3n) is 16.5. The van der Waals surface area contributed by atoms with Gasteiger partial charge in [0.25, 0.3) is 0 Å². The smallest absolute Gasteiger partial charge is 0.142 e. The molecule has 0 saturated carbocycles. The van der Waals surface area contributed by atoms with Crippen LogP contribution in [0, 0.1) is 0 Å². The van der Waals surface area contributed by atoms with Gasteiger partial charge in [-0.1, -0.05) is 126 Å². The second kappa shape index (κ2) is 16.2. The summed E-state index contributed by atoms with van der Waals surface area (Å²) in [6.07, 6.45) is 0. The molecule has 0 aliphatic heterocycles. The predicted molar refractivity (Wildman–Crippen MR) is 338 cm³/mol. The van der Waals surface area contributed by atoms with E-state index < -0.39 is 10.0 Å². The van der Waals surface area contributed by atoms with Crippen LogP contribution in [0.2, 0.25) is 0 Å². The number of hydrogen-bond donors (Lipinski definition) is 0. The molecule has 0 saturated heterocycles. The molecule has 0 bridgehead atoms. The summed E-state index contributed by atoms with van der Waals surface area (Å²) < 4.78 is 5.38. The highest BCUT2D eigenvalue weighted by atomic mass is 32.3. The lowest BCUT2D eigenvalue weighted by molar-refractivity contribution is 1.16. The molecule has 0 aliphatic carbocycles. The van der Waals surface area contributed by atoms with E-state index in [4.69, 9.17) is 0 Å². The van der Waals surface area contributed by atoms with Gasteiger partial charge in [-0.15, -0.1) is 26.4 Å². The zero-order valence-electron chi connectivity index (χ0n) is 41.8. The first-order valence-electron chi connectivity index (χ1n) is 23.7. The van der Waals surface area contributed by atoms with Crippen LogP contribution < -0.4 is 81.9 Å². The van der Waals surface area contributed by atoms with Crippen LogP contribution in [0.25, 0.3) is 55.0 Å². The number of hydrogen-bond acceptors (Lipinski definition) is 0. The molecule has 2 nitrogen and oxygen atoms in total. The molecule has 0 amide bonds. The highest BCUT2D eigenvalue weighted by molar-refractivity contribution is 8.34. The van der Waals surface area contributed by atoms with Crippen molar-refractivity contribution < 1.29 is 0 Å². The first kappa shape index (κ1) is 44.5. The molecule has 10 rings (SSSR count). The van der Waals surface area contributed by atoms with Crippen LogP contribution >= 0.6 is 10.0 Å². The highest BCUT2D eigenvalue weighted by Gasteiger charge is 2.34. The standard InChI is InChI=1S/C48H49B15N2S/c49-29-25-26-30(50)34(54)38(58)41(61)47(26)65(46(25)40(60)37(57)33(29)53)48-32(52)28-27-31(51)35(55)36(56)39(59)44(27)64(45(28)42(62)43(48)63)20-11-10-18-24(19-20)66(21-12-4-1-5-13-21,22-14-6-2-7-15-22)23-16-8-3-9-17-23/h1-19H,49-63H2. The van der Waals surface area contributed by atoms with Crippen molar-refractivity contribution in [3.63, 3.8) is 0 Å². The fourth-order valence-electron chi connectivity index (χ4n) is 11.9. The molecule has 0 spiro atoms. The maximum atomic E-state index is 2.72. The van der Waals surface area contributed by atoms with Crippen molar-refractivity contribution in [2.24, 2.45) is 0 Å². The van der Waals surface area contributed by atoms with Crippen LogP contribution in [-0.2, 0) is 0 Å². The molecule has 8 aromatic carbocycles. The molecule has 302 valence electrons. The van der Waals surface area contributed by atoms with Crippen LogP contribution in [-0.4, -0.2) is 127 Å². The lowest BCUT2D eigenvalue weighted by atomic mass is 9.63. The number of nitrogens with zero attached hydrogens (tertiary/aromatic N) is 2. The Hall–Kier alpha value is -5.32. The van der Waals surface area contributed by atoms with Gasteiger partial charge in [-0.25, -0.2) is 0 Å². The van der Waals surface area contributed by atoms with Gasteiger partial charge in [-0.2, -0.15) is 0 Å². The lowest BCUT2D eigenvalue weighted by Gasteiger charge is -2.42. The maximum absolute atomic E-state index is 2.72. The fraction of sp³-hybridized carbons (Fsp3) is 0. The van der Waals surface area contributed by atoms with Gasteiger partial charge in [-0.05, 0) is 70.8 Å². The van der Waals surface area contributed by atoms with Gasteiger partial charge in [-0.3, -0.25) is 0 Å². The van der Waals surface area contributed by atoms with Crippen molar-refractivity contribution in [2.75, 3.05) is 0 Å². The van der Waals surface area contributed by atoms with E-state index in [0.29, 0.717) is 0 Å². The summed E-state index contributed by atoms with van der Waals surface area (Å²) in [5.41, 5.74) is 28.3. The Bertz CT molecular complexity index is 3530. The minimum Gasteiger partial charge on any atom is -0.312 e. The van der Waals surface area contributed by atoms with Crippen LogP contribution in [0.15, 0.2) is 135 Å². The van der Waals surface area contributed by atoms with Gasteiger partial charge >= 0.3 is 0 Å². The van der Waals surface area contributed by atoms with E-state index in [1.807, 2.05) is 0 Å². The van der Waals surface area contributed by atoms with Crippen molar-refractivity contribution >= 4 is 253 Å². The van der Waals surface area contributed by atoms with Crippen LogP contribution in [0.5, 0.6) is 0 Å². The number of rotatable bonds is 6. The average Bonchev–Trinajstić information content (AvgIpc) is 3.89. The Kier molecular flexibility index (Phi) is 10.9. The monoisotopic (exact) mass is 851 g/mol. The second-order valence-corrected chi connectivity index (χ2v) is 22.4. The quantitative estimate of drug-likeness (QED) is 0.148. The summed E-state index contributed by atoms with van der Waals surface area (Å²) in [5.74, 6) is 0. The molecule has 0 fully saturated rings. The Morgan fingerprint density at radius 1 is 0.258 bits per heavy atom. The molecule has 0 unspecified atom stereocenters. The van der Waals surface area contributed by atoms with Gasteiger partial charge in [0.1, 0.15) is 118 Å². The summed E-state index contributed by atoms with van der Waals surface area (Å²) in [4.78, 5) is 5.29. The minimum atomic E-state index is -1.91. The highest BCUT2D eigenvalue weighted by Crippen LogP contribution is 2.73. The number of fused-ring (bicyclic) bond motifs is 6. The summed E-state index contributed by atoms with van der Waals surface area (Å²) in [5, 5.41) is 5.54. The maximum Gasteiger partial charge on any atom is 0.142 e. The summed E-state index contributed by atoms with van der Waals surface area (Å²) in [6, 6.07) is 43.3. The molecular formula is C48H49B15N2S. The second-order valence-electron chi connectivity index (χ2n) is 19.3. The Balaban J connectivity index is 1.39. The third-order valence-corrected chi connectivity index (χ3v) is 20.4. The third kappa shape index (κ3) is 5.98. The van der Waals surface area contributed by atoms with Gasteiger partial charge in [0.05, 0.1) is 0 Å². The van der Waals surface area contributed by atoms with Crippen LogP contribution in [0.1, 0.15) is 0 Å². The topological polar surface area (TPSA) is 9.86 Å². The van der Waals surface area contributed by atoms with Gasteiger partial charge in [0.2, 0.25) is 0 Å². The molecule has 0 N–H and O–H groups in total. The van der Waals surface area contributed by atoms with E-state index in [2.05, 4.69) is 242 Å². The SMILES string of the molecule is Bc1c(B)c(B)c2c(c1B)c1c(B)c(-n3c4c(B)c(B)c(B)c(B)c4c4c(B)c(B)c(B)c(B)c43)c(B)c(B)c1n2-c1cccc(S(c2ccccc2)(c2ccccc2)c2ccccc2)c1. The van der Waals surface area contributed by atoms with E-state index in [-0.39, 0.29) is 0 Å². The molecule has 10 aromatic rings. The van der Waals surface area contributed by atoms with Crippen LogP contribution in [0.3, 0.4) is 0 Å². The van der Waals surface area contributed by atoms with Crippen molar-refractivity contribution in [1.82, 2.24) is 9.13 Å². The molecule has 0 radical (unpaired) electrons. The van der Waals surface area contributed by atoms with E-state index >= 15 is 0 Å². The molecule has 0 atom stereocenters. The Labute approximate surface area is 406 Å². The summed E-state index contributed by atoms with van der Waals surface area (Å²) in [7, 11) is 33.4. The first-order chi connectivity index (χ1) is 31.6. The van der Waals surface area contributed by atoms with Crippen molar-refractivity contribution in [3.8, 4) is 11.4 Å².